The first-order valence-electron chi connectivity index (χ1n) is 6.53. The Balaban J connectivity index is 2.57. The van der Waals surface area contributed by atoms with E-state index < -0.39 is 5.97 Å². The third-order valence-electron chi connectivity index (χ3n) is 3.08. The van der Waals surface area contributed by atoms with Gasteiger partial charge in [0.05, 0.1) is 12.6 Å². The minimum absolute atomic E-state index is 0.0109. The molecule has 0 bridgehead atoms. The fourth-order valence-corrected chi connectivity index (χ4v) is 1.60. The van der Waals surface area contributed by atoms with Crippen LogP contribution in [-0.2, 0) is 16.1 Å². The highest BCUT2D eigenvalue weighted by molar-refractivity contribution is 5.88. The number of rotatable bonds is 7. The molecule has 0 fully saturated rings. The molecule has 0 aliphatic carbocycles. The Kier molecular flexibility index (Phi) is 5.76. The second-order valence-corrected chi connectivity index (χ2v) is 4.77. The number of aryl methyl sites for hydroxylation is 1. The summed E-state index contributed by atoms with van der Waals surface area (Å²) in [7, 11) is 1.63. The molecule has 112 valence electrons. The van der Waals surface area contributed by atoms with E-state index in [4.69, 9.17) is 14.3 Å². The van der Waals surface area contributed by atoms with Crippen molar-refractivity contribution in [3.8, 4) is 0 Å². The number of carboxylic acids is 1. The van der Waals surface area contributed by atoms with Crippen LogP contribution in [0.4, 0.5) is 0 Å². The summed E-state index contributed by atoms with van der Waals surface area (Å²) in [6.07, 6.45) is 0.882. The molecule has 1 N–H and O–H groups in total. The van der Waals surface area contributed by atoms with Gasteiger partial charge in [-0.2, -0.15) is 0 Å². The van der Waals surface area contributed by atoms with Gasteiger partial charge in [0.2, 0.25) is 5.91 Å². The highest BCUT2D eigenvalue weighted by Gasteiger charge is 2.17. The van der Waals surface area contributed by atoms with Gasteiger partial charge in [-0.3, -0.25) is 4.79 Å². The van der Waals surface area contributed by atoms with E-state index in [2.05, 4.69) is 0 Å². The van der Waals surface area contributed by atoms with E-state index in [-0.39, 0.29) is 30.7 Å². The molecule has 1 amide bonds. The van der Waals surface area contributed by atoms with Crippen LogP contribution in [0.2, 0.25) is 0 Å². The van der Waals surface area contributed by atoms with Crippen LogP contribution in [-0.4, -0.2) is 41.6 Å². The normalized spacial score (nSPS) is 12.2. The van der Waals surface area contributed by atoms with Crippen LogP contribution in [0.3, 0.4) is 0 Å². The maximum absolute atomic E-state index is 11.8. The number of carbonyl (C=O) groups excluding carboxylic acids is 1. The van der Waals surface area contributed by atoms with E-state index in [9.17, 15) is 9.59 Å². The fourth-order valence-electron chi connectivity index (χ4n) is 1.60. The molecule has 20 heavy (non-hydrogen) atoms. The van der Waals surface area contributed by atoms with Crippen LogP contribution in [0, 0.1) is 6.92 Å². The largest absolute Gasteiger partial charge is 0.478 e. The first-order chi connectivity index (χ1) is 9.35. The number of hydrogen-bond donors (Lipinski definition) is 1. The quantitative estimate of drug-likeness (QED) is 0.828. The van der Waals surface area contributed by atoms with Crippen molar-refractivity contribution in [3.05, 3.63) is 23.2 Å². The first kappa shape index (κ1) is 16.2. The lowest BCUT2D eigenvalue weighted by molar-refractivity contribution is -0.137. The summed E-state index contributed by atoms with van der Waals surface area (Å²) in [6.45, 7) is 5.70. The van der Waals surface area contributed by atoms with E-state index in [1.807, 2.05) is 13.8 Å². The molecular formula is C14H21NO5. The van der Waals surface area contributed by atoms with Gasteiger partial charge in [-0.25, -0.2) is 4.79 Å². The molecule has 0 spiro atoms. The van der Waals surface area contributed by atoms with Crippen molar-refractivity contribution in [1.29, 1.82) is 0 Å². The van der Waals surface area contributed by atoms with Crippen molar-refractivity contribution in [1.82, 2.24) is 4.90 Å². The van der Waals surface area contributed by atoms with Crippen LogP contribution in [0.15, 0.2) is 10.5 Å². The molecule has 0 saturated carbocycles. The molecule has 1 heterocycles. The van der Waals surface area contributed by atoms with Crippen LogP contribution in [0.5, 0.6) is 0 Å². The molecule has 0 radical (unpaired) electrons. The predicted molar refractivity (Wildman–Crippen MR) is 72.6 cm³/mol. The highest BCUT2D eigenvalue weighted by atomic mass is 16.5. The number of furan rings is 1. The number of carbonyl (C=O) groups is 2. The Bertz CT molecular complexity index is 480. The number of ether oxygens (including phenoxy) is 1. The molecule has 0 saturated heterocycles. The second-order valence-electron chi connectivity index (χ2n) is 4.77. The number of carboxylic acid groups (broad SMARTS) is 1. The monoisotopic (exact) mass is 283 g/mol. The summed E-state index contributed by atoms with van der Waals surface area (Å²) in [5.74, 6) is -0.425. The van der Waals surface area contributed by atoms with Crippen LogP contribution in [0.1, 0.15) is 42.1 Å². The molecule has 1 aromatic rings. The van der Waals surface area contributed by atoms with Gasteiger partial charge in [0.15, 0.2) is 0 Å². The van der Waals surface area contributed by atoms with Gasteiger partial charge in [-0.1, -0.05) is 6.92 Å². The molecule has 1 rings (SSSR count). The zero-order valence-electron chi connectivity index (χ0n) is 12.3. The summed E-state index contributed by atoms with van der Waals surface area (Å²) >= 11 is 0. The van der Waals surface area contributed by atoms with Gasteiger partial charge in [0, 0.05) is 7.05 Å². The molecule has 0 aliphatic heterocycles. The third-order valence-corrected chi connectivity index (χ3v) is 3.08. The summed E-state index contributed by atoms with van der Waals surface area (Å²) in [4.78, 5) is 24.2. The summed E-state index contributed by atoms with van der Waals surface area (Å²) in [6, 6.07) is 1.44. The van der Waals surface area contributed by atoms with Crippen molar-refractivity contribution in [2.45, 2.75) is 39.8 Å². The highest BCUT2D eigenvalue weighted by Crippen LogP contribution is 2.16. The molecule has 6 heteroatoms. The zero-order chi connectivity index (χ0) is 15.3. The Morgan fingerprint density at radius 1 is 1.50 bits per heavy atom. The summed E-state index contributed by atoms with van der Waals surface area (Å²) in [5, 5.41) is 8.93. The van der Waals surface area contributed by atoms with Crippen molar-refractivity contribution >= 4 is 11.9 Å². The number of nitrogens with zero attached hydrogens (tertiary/aromatic N) is 1. The Labute approximate surface area is 118 Å². The van der Waals surface area contributed by atoms with Gasteiger partial charge < -0.3 is 19.2 Å². The Morgan fingerprint density at radius 2 is 2.15 bits per heavy atom. The van der Waals surface area contributed by atoms with Crippen molar-refractivity contribution in [2.75, 3.05) is 13.7 Å². The Hall–Kier alpha value is -1.82. The molecular weight excluding hydrogens is 262 g/mol. The topological polar surface area (TPSA) is 80.0 Å². The van der Waals surface area contributed by atoms with Gasteiger partial charge in [-0.05, 0) is 26.3 Å². The number of likely N-dealkylation sites (N-methyl/N-ethyl adjacent to an activating group) is 1. The second kappa shape index (κ2) is 7.09. The van der Waals surface area contributed by atoms with Crippen molar-refractivity contribution in [3.63, 3.8) is 0 Å². The minimum atomic E-state index is -1.04. The molecule has 0 aliphatic rings. The maximum Gasteiger partial charge on any atom is 0.339 e. The smallest absolute Gasteiger partial charge is 0.339 e. The van der Waals surface area contributed by atoms with Gasteiger partial charge in [0.1, 0.15) is 23.7 Å². The van der Waals surface area contributed by atoms with Gasteiger partial charge in [0.25, 0.3) is 0 Å². The SMILES string of the molecule is CCC(C)OCC(=O)N(C)Cc1cc(C(=O)O)c(C)o1. The zero-order valence-corrected chi connectivity index (χ0v) is 12.3. The van der Waals surface area contributed by atoms with E-state index in [0.29, 0.717) is 11.5 Å². The van der Waals surface area contributed by atoms with Crippen molar-refractivity contribution < 1.29 is 23.8 Å². The van der Waals surface area contributed by atoms with Gasteiger partial charge in [-0.15, -0.1) is 0 Å². The molecule has 1 unspecified atom stereocenters. The Morgan fingerprint density at radius 3 is 2.65 bits per heavy atom. The van der Waals surface area contributed by atoms with Crippen molar-refractivity contribution in [2.24, 2.45) is 0 Å². The van der Waals surface area contributed by atoms with E-state index in [1.54, 1.807) is 14.0 Å². The summed E-state index contributed by atoms with van der Waals surface area (Å²) < 4.78 is 10.7. The van der Waals surface area contributed by atoms with Crippen LogP contribution in [0.25, 0.3) is 0 Å². The first-order valence-corrected chi connectivity index (χ1v) is 6.53. The van der Waals surface area contributed by atoms with Gasteiger partial charge >= 0.3 is 5.97 Å². The molecule has 1 aromatic heterocycles. The maximum atomic E-state index is 11.8. The number of amides is 1. The average molecular weight is 283 g/mol. The summed E-state index contributed by atoms with van der Waals surface area (Å²) in [5.41, 5.74) is 0.122. The van der Waals surface area contributed by atoms with E-state index >= 15 is 0 Å². The third kappa shape index (κ3) is 4.38. The standard InChI is InChI=1S/C14H21NO5/c1-5-9(2)19-8-13(16)15(4)7-11-6-12(14(17)18)10(3)20-11/h6,9H,5,7-8H2,1-4H3,(H,17,18). The molecule has 1 atom stereocenters. The van der Waals surface area contributed by atoms with Crippen LogP contribution < -0.4 is 0 Å². The van der Waals surface area contributed by atoms with Crippen LogP contribution >= 0.6 is 0 Å². The number of aromatic carboxylic acids is 1. The minimum Gasteiger partial charge on any atom is -0.478 e. The lowest BCUT2D eigenvalue weighted by Gasteiger charge is -2.17. The lowest BCUT2D eigenvalue weighted by atomic mass is 10.2. The average Bonchev–Trinajstić information content (AvgIpc) is 2.76. The fraction of sp³-hybridized carbons (Fsp3) is 0.571. The predicted octanol–water partition coefficient (Wildman–Crippen LogP) is 2.06. The lowest BCUT2D eigenvalue weighted by Crippen LogP contribution is -2.31. The number of hydrogen-bond acceptors (Lipinski definition) is 4. The molecule has 0 aromatic carbocycles. The molecule has 6 nitrogen and oxygen atoms in total. The van der Waals surface area contributed by atoms with E-state index in [0.717, 1.165) is 6.42 Å². The van der Waals surface area contributed by atoms with E-state index in [1.165, 1.54) is 11.0 Å².